The van der Waals surface area contributed by atoms with E-state index in [1.54, 1.807) is 0 Å². The van der Waals surface area contributed by atoms with Crippen LogP contribution in [0.15, 0.2) is 24.5 Å². The van der Waals surface area contributed by atoms with E-state index in [-0.39, 0.29) is 12.4 Å². The molecule has 3 heterocycles. The van der Waals surface area contributed by atoms with E-state index in [0.29, 0.717) is 12.0 Å². The van der Waals surface area contributed by atoms with Crippen LogP contribution in [-0.2, 0) is 4.74 Å². The third-order valence-corrected chi connectivity index (χ3v) is 4.17. The van der Waals surface area contributed by atoms with Crippen LogP contribution in [0.1, 0.15) is 24.4 Å². The van der Waals surface area contributed by atoms with Crippen LogP contribution in [-0.4, -0.2) is 49.3 Å². The fourth-order valence-corrected chi connectivity index (χ4v) is 3.15. The lowest BCUT2D eigenvalue weighted by Crippen LogP contribution is -2.48. The Morgan fingerprint density at radius 3 is 3.15 bits per heavy atom. The molecule has 1 aromatic rings. The summed E-state index contributed by atoms with van der Waals surface area (Å²) >= 11 is 0. The van der Waals surface area contributed by atoms with Gasteiger partial charge in [-0.1, -0.05) is 6.07 Å². The molecule has 0 radical (unpaired) electrons. The van der Waals surface area contributed by atoms with E-state index in [1.165, 1.54) is 18.4 Å². The second kappa shape index (κ2) is 7.93. The van der Waals surface area contributed by atoms with Gasteiger partial charge in [0, 0.05) is 51.2 Å². The molecule has 1 N–H and O–H groups in total. The van der Waals surface area contributed by atoms with Gasteiger partial charge in [0.2, 0.25) is 0 Å². The fraction of sp³-hybridized carbons (Fsp3) is 0.667. The molecule has 3 rings (SSSR count). The molecule has 2 fully saturated rings. The van der Waals surface area contributed by atoms with Crippen molar-refractivity contribution >= 4 is 12.4 Å². The highest BCUT2D eigenvalue weighted by Crippen LogP contribution is 2.24. The summed E-state index contributed by atoms with van der Waals surface area (Å²) in [6.45, 7) is 6.27. The number of aromatic nitrogens is 1. The first-order valence-electron chi connectivity index (χ1n) is 7.36. The number of ether oxygens (including phenoxy) is 1. The zero-order valence-electron chi connectivity index (χ0n) is 11.8. The van der Waals surface area contributed by atoms with Gasteiger partial charge in [0.05, 0.1) is 6.61 Å². The van der Waals surface area contributed by atoms with Crippen molar-refractivity contribution < 1.29 is 4.74 Å². The van der Waals surface area contributed by atoms with Gasteiger partial charge < -0.3 is 10.1 Å². The molecule has 2 unspecified atom stereocenters. The second-order valence-electron chi connectivity index (χ2n) is 5.58. The van der Waals surface area contributed by atoms with Crippen molar-refractivity contribution in [1.29, 1.82) is 0 Å². The highest BCUT2D eigenvalue weighted by molar-refractivity contribution is 5.85. The van der Waals surface area contributed by atoms with Gasteiger partial charge in [-0.05, 0) is 30.4 Å². The van der Waals surface area contributed by atoms with Gasteiger partial charge in [-0.25, -0.2) is 0 Å². The van der Waals surface area contributed by atoms with E-state index < -0.39 is 0 Å². The van der Waals surface area contributed by atoms with Crippen molar-refractivity contribution in [3.05, 3.63) is 30.1 Å². The van der Waals surface area contributed by atoms with E-state index in [1.807, 2.05) is 18.5 Å². The fourth-order valence-electron chi connectivity index (χ4n) is 3.15. The Kier molecular flexibility index (Phi) is 6.23. The van der Waals surface area contributed by atoms with E-state index >= 15 is 0 Å². The molecule has 112 valence electrons. The molecule has 0 aliphatic carbocycles. The number of halogens is 1. The van der Waals surface area contributed by atoms with Gasteiger partial charge in [-0.15, -0.1) is 12.4 Å². The van der Waals surface area contributed by atoms with Crippen LogP contribution in [0.5, 0.6) is 0 Å². The number of piperazine rings is 1. The quantitative estimate of drug-likeness (QED) is 0.924. The Balaban J connectivity index is 0.00000147. The topological polar surface area (TPSA) is 37.4 Å². The minimum Gasteiger partial charge on any atom is -0.381 e. The molecule has 0 aromatic carbocycles. The molecule has 0 saturated carbocycles. The maximum atomic E-state index is 5.61. The SMILES string of the molecule is Cl.c1cncc(C2CNCCN2CC2CCCOC2)c1. The van der Waals surface area contributed by atoms with Crippen molar-refractivity contribution in [2.24, 2.45) is 5.92 Å². The Morgan fingerprint density at radius 1 is 1.45 bits per heavy atom. The van der Waals surface area contributed by atoms with E-state index in [4.69, 9.17) is 4.74 Å². The third kappa shape index (κ3) is 3.92. The molecule has 0 spiro atoms. The molecule has 2 atom stereocenters. The van der Waals surface area contributed by atoms with Crippen molar-refractivity contribution in [1.82, 2.24) is 15.2 Å². The predicted octanol–water partition coefficient (Wildman–Crippen LogP) is 1.88. The highest BCUT2D eigenvalue weighted by Gasteiger charge is 2.27. The molecule has 4 nitrogen and oxygen atoms in total. The number of nitrogens with one attached hydrogen (secondary N) is 1. The summed E-state index contributed by atoms with van der Waals surface area (Å²) in [5, 5.41) is 3.50. The minimum atomic E-state index is 0. The van der Waals surface area contributed by atoms with Crippen LogP contribution in [0.25, 0.3) is 0 Å². The largest absolute Gasteiger partial charge is 0.381 e. The smallest absolute Gasteiger partial charge is 0.0506 e. The summed E-state index contributed by atoms with van der Waals surface area (Å²) in [6.07, 6.45) is 6.37. The molecule has 5 heteroatoms. The van der Waals surface area contributed by atoms with Gasteiger partial charge in [0.25, 0.3) is 0 Å². The molecular weight excluding hydrogens is 274 g/mol. The minimum absolute atomic E-state index is 0. The van der Waals surface area contributed by atoms with E-state index in [2.05, 4.69) is 21.3 Å². The molecule has 0 bridgehead atoms. The second-order valence-corrected chi connectivity index (χ2v) is 5.58. The summed E-state index contributed by atoms with van der Waals surface area (Å²) in [6, 6.07) is 4.69. The van der Waals surface area contributed by atoms with Crippen LogP contribution >= 0.6 is 12.4 Å². The molecule has 2 saturated heterocycles. The zero-order valence-corrected chi connectivity index (χ0v) is 12.6. The summed E-state index contributed by atoms with van der Waals surface area (Å²) in [5.74, 6) is 0.700. The standard InChI is InChI=1S/C15H23N3O.ClH/c1-4-14(9-16-5-1)15-10-17-6-7-18(15)11-13-3-2-8-19-12-13;/h1,4-5,9,13,15,17H,2-3,6-8,10-12H2;1H. The lowest BCUT2D eigenvalue weighted by atomic mass is 9.98. The molecule has 2 aliphatic heterocycles. The monoisotopic (exact) mass is 297 g/mol. The maximum Gasteiger partial charge on any atom is 0.0506 e. The van der Waals surface area contributed by atoms with Crippen molar-refractivity contribution in [2.75, 3.05) is 39.4 Å². The summed E-state index contributed by atoms with van der Waals surface area (Å²) in [4.78, 5) is 6.87. The van der Waals surface area contributed by atoms with Gasteiger partial charge >= 0.3 is 0 Å². The average Bonchev–Trinajstić information content (AvgIpc) is 2.50. The van der Waals surface area contributed by atoms with Crippen LogP contribution < -0.4 is 5.32 Å². The van der Waals surface area contributed by atoms with Crippen LogP contribution in [0.3, 0.4) is 0 Å². The van der Waals surface area contributed by atoms with Crippen LogP contribution in [0.4, 0.5) is 0 Å². The Labute approximate surface area is 127 Å². The van der Waals surface area contributed by atoms with Crippen molar-refractivity contribution in [3.63, 3.8) is 0 Å². The van der Waals surface area contributed by atoms with Crippen LogP contribution in [0.2, 0.25) is 0 Å². The van der Waals surface area contributed by atoms with E-state index in [9.17, 15) is 0 Å². The molecule has 2 aliphatic rings. The summed E-state index contributed by atoms with van der Waals surface area (Å²) in [7, 11) is 0. The Bertz CT molecular complexity index is 384. The number of rotatable bonds is 3. The molecule has 0 amide bonds. The molecule has 1 aromatic heterocycles. The number of hydrogen-bond donors (Lipinski definition) is 1. The van der Waals surface area contributed by atoms with Gasteiger partial charge in [-0.2, -0.15) is 0 Å². The zero-order chi connectivity index (χ0) is 12.9. The highest BCUT2D eigenvalue weighted by atomic mass is 35.5. The normalized spacial score (nSPS) is 27.8. The van der Waals surface area contributed by atoms with Crippen molar-refractivity contribution in [2.45, 2.75) is 18.9 Å². The lowest BCUT2D eigenvalue weighted by molar-refractivity contribution is 0.0265. The number of hydrogen-bond acceptors (Lipinski definition) is 4. The number of nitrogens with zero attached hydrogens (tertiary/aromatic N) is 2. The predicted molar refractivity (Wildman–Crippen MR) is 82.2 cm³/mol. The van der Waals surface area contributed by atoms with E-state index in [0.717, 1.165) is 39.4 Å². The first-order chi connectivity index (χ1) is 9.43. The maximum absolute atomic E-state index is 5.61. The Morgan fingerprint density at radius 2 is 2.40 bits per heavy atom. The Hall–Kier alpha value is -0.680. The van der Waals surface area contributed by atoms with Crippen LogP contribution in [0, 0.1) is 5.92 Å². The first kappa shape index (κ1) is 15.7. The summed E-state index contributed by atoms with van der Waals surface area (Å²) < 4.78 is 5.61. The van der Waals surface area contributed by atoms with Gasteiger partial charge in [0.15, 0.2) is 0 Å². The third-order valence-electron chi connectivity index (χ3n) is 4.17. The molecule has 20 heavy (non-hydrogen) atoms. The average molecular weight is 298 g/mol. The first-order valence-corrected chi connectivity index (χ1v) is 7.36. The number of pyridine rings is 1. The summed E-state index contributed by atoms with van der Waals surface area (Å²) in [5.41, 5.74) is 1.33. The van der Waals surface area contributed by atoms with Crippen molar-refractivity contribution in [3.8, 4) is 0 Å². The van der Waals surface area contributed by atoms with Gasteiger partial charge in [-0.3, -0.25) is 9.88 Å². The molecular formula is C15H24ClN3O. The lowest BCUT2D eigenvalue weighted by Gasteiger charge is -2.39. The van der Waals surface area contributed by atoms with Gasteiger partial charge in [0.1, 0.15) is 0 Å².